The number of hydrogen-bond donors (Lipinski definition) is 0. The Balaban J connectivity index is 1.49. The van der Waals surface area contributed by atoms with Gasteiger partial charge in [-0.15, -0.1) is 11.3 Å². The van der Waals surface area contributed by atoms with Gasteiger partial charge < -0.3 is 14.5 Å². The van der Waals surface area contributed by atoms with Crippen LogP contribution < -0.4 is 4.74 Å². The van der Waals surface area contributed by atoms with E-state index in [0.717, 1.165) is 24.0 Å². The fraction of sp³-hybridized carbons (Fsp3) is 0.379. The lowest BCUT2D eigenvalue weighted by atomic mass is 10.00. The van der Waals surface area contributed by atoms with Gasteiger partial charge in [-0.2, -0.15) is 0 Å². The van der Waals surface area contributed by atoms with Crippen LogP contribution in [0.3, 0.4) is 0 Å². The zero-order valence-electron chi connectivity index (χ0n) is 20.9. The summed E-state index contributed by atoms with van der Waals surface area (Å²) in [6.45, 7) is 5.88. The monoisotopic (exact) mass is 524 g/mol. The number of nitrogens with zero attached hydrogens (tertiary/aromatic N) is 2. The molecule has 0 spiro atoms. The third-order valence-electron chi connectivity index (χ3n) is 6.49. The molecule has 0 fully saturated rings. The molecular formula is C29H33ClN2O3S. The Morgan fingerprint density at radius 1 is 1.11 bits per heavy atom. The molecule has 1 aliphatic heterocycles. The van der Waals surface area contributed by atoms with Crippen molar-refractivity contribution in [3.05, 3.63) is 87.1 Å². The maximum atomic E-state index is 13.7. The van der Waals surface area contributed by atoms with Gasteiger partial charge in [0.25, 0.3) is 0 Å². The van der Waals surface area contributed by atoms with E-state index in [4.69, 9.17) is 16.3 Å². The summed E-state index contributed by atoms with van der Waals surface area (Å²) in [5.74, 6) is 1.10. The van der Waals surface area contributed by atoms with Crippen molar-refractivity contribution < 1.29 is 14.3 Å². The summed E-state index contributed by atoms with van der Waals surface area (Å²) >= 11 is 7.73. The van der Waals surface area contributed by atoms with Gasteiger partial charge in [0.15, 0.2) is 0 Å². The zero-order valence-corrected chi connectivity index (χ0v) is 22.4. The van der Waals surface area contributed by atoms with Gasteiger partial charge in [-0.1, -0.05) is 55.8 Å². The first-order valence-corrected chi connectivity index (χ1v) is 13.7. The van der Waals surface area contributed by atoms with Gasteiger partial charge in [0.05, 0.1) is 19.0 Å². The molecule has 3 aromatic rings. The standard InChI is InChI=1S/C29H33ClN2O3S/c1-21(2)12-15-31(28(33)18-22-6-4-3-5-7-22)19-29(34)32-16-13-27-25(14-17-36-27)26(32)20-35-24-10-8-23(30)9-11-24/h3-11,14,17,21,26H,12-13,15-16,18-20H2,1-2H3/t26-/m0/s1. The number of amides is 2. The third-order valence-corrected chi connectivity index (χ3v) is 7.74. The van der Waals surface area contributed by atoms with E-state index >= 15 is 0 Å². The average molecular weight is 525 g/mol. The van der Waals surface area contributed by atoms with Crippen LogP contribution in [0.4, 0.5) is 0 Å². The normalized spacial score (nSPS) is 15.0. The van der Waals surface area contributed by atoms with E-state index in [1.165, 1.54) is 4.88 Å². The molecule has 0 aliphatic carbocycles. The SMILES string of the molecule is CC(C)CCN(CC(=O)N1CCc2sccc2[C@@H]1COc1ccc(Cl)cc1)C(=O)Cc1ccccc1. The predicted molar refractivity (Wildman–Crippen MR) is 146 cm³/mol. The van der Waals surface area contributed by atoms with Crippen LogP contribution in [0, 0.1) is 5.92 Å². The Bertz CT molecular complexity index is 1150. The summed E-state index contributed by atoms with van der Waals surface area (Å²) < 4.78 is 6.09. The average Bonchev–Trinajstić information content (AvgIpc) is 3.35. The fourth-order valence-electron chi connectivity index (χ4n) is 4.42. The number of halogens is 1. The van der Waals surface area contributed by atoms with Gasteiger partial charge in [-0.25, -0.2) is 0 Å². The van der Waals surface area contributed by atoms with Crippen LogP contribution in [0.5, 0.6) is 5.75 Å². The van der Waals surface area contributed by atoms with E-state index in [9.17, 15) is 9.59 Å². The van der Waals surface area contributed by atoms with E-state index < -0.39 is 0 Å². The maximum Gasteiger partial charge on any atom is 0.242 e. The lowest BCUT2D eigenvalue weighted by Crippen LogP contribution is -2.48. The number of carbonyl (C=O) groups is 2. The second kappa shape index (κ2) is 12.4. The largest absolute Gasteiger partial charge is 0.491 e. The van der Waals surface area contributed by atoms with Crippen molar-refractivity contribution in [3.63, 3.8) is 0 Å². The fourth-order valence-corrected chi connectivity index (χ4v) is 5.48. The molecule has 0 saturated carbocycles. The van der Waals surface area contributed by atoms with E-state index in [2.05, 4.69) is 25.3 Å². The van der Waals surface area contributed by atoms with Gasteiger partial charge in [0.2, 0.25) is 11.8 Å². The number of ether oxygens (including phenoxy) is 1. The highest BCUT2D eigenvalue weighted by atomic mass is 35.5. The van der Waals surface area contributed by atoms with Crippen LogP contribution in [-0.4, -0.2) is 47.9 Å². The van der Waals surface area contributed by atoms with E-state index in [1.807, 2.05) is 47.4 Å². The number of fused-ring (bicyclic) bond motifs is 1. The highest BCUT2D eigenvalue weighted by Gasteiger charge is 2.33. The summed E-state index contributed by atoms with van der Waals surface area (Å²) in [6, 6.07) is 18.9. The van der Waals surface area contributed by atoms with Crippen molar-refractivity contribution in [3.8, 4) is 5.75 Å². The Kier molecular flexibility index (Phi) is 9.05. The predicted octanol–water partition coefficient (Wildman–Crippen LogP) is 6.02. The smallest absolute Gasteiger partial charge is 0.242 e. The maximum absolute atomic E-state index is 13.7. The first-order valence-electron chi connectivity index (χ1n) is 12.5. The Morgan fingerprint density at radius 2 is 1.86 bits per heavy atom. The van der Waals surface area contributed by atoms with Crippen molar-refractivity contribution in [1.29, 1.82) is 0 Å². The van der Waals surface area contributed by atoms with Gasteiger partial charge in [0.1, 0.15) is 12.4 Å². The van der Waals surface area contributed by atoms with Crippen molar-refractivity contribution in [2.45, 2.75) is 39.2 Å². The van der Waals surface area contributed by atoms with Crippen LogP contribution >= 0.6 is 22.9 Å². The molecular weight excluding hydrogens is 492 g/mol. The molecule has 0 radical (unpaired) electrons. The molecule has 0 N–H and O–H groups in total. The van der Waals surface area contributed by atoms with E-state index in [1.54, 1.807) is 28.4 Å². The molecule has 0 saturated heterocycles. The molecule has 1 aromatic heterocycles. The minimum absolute atomic E-state index is 0.0163. The quantitative estimate of drug-likeness (QED) is 0.325. The van der Waals surface area contributed by atoms with E-state index in [-0.39, 0.29) is 24.4 Å². The second-order valence-electron chi connectivity index (χ2n) is 9.58. The topological polar surface area (TPSA) is 49.9 Å². The molecule has 1 atom stereocenters. The third kappa shape index (κ3) is 6.89. The van der Waals surface area contributed by atoms with Gasteiger partial charge in [0, 0.05) is 23.0 Å². The second-order valence-corrected chi connectivity index (χ2v) is 11.0. The molecule has 2 aromatic carbocycles. The van der Waals surface area contributed by atoms with Crippen molar-refractivity contribution >= 4 is 34.8 Å². The minimum atomic E-state index is -0.195. The van der Waals surface area contributed by atoms with Crippen LogP contribution in [0.15, 0.2) is 66.0 Å². The summed E-state index contributed by atoms with van der Waals surface area (Å²) in [4.78, 5) is 31.8. The van der Waals surface area contributed by atoms with Crippen LogP contribution in [-0.2, 0) is 22.4 Å². The Hall–Kier alpha value is -2.83. The number of hydrogen-bond acceptors (Lipinski definition) is 4. The molecule has 2 heterocycles. The Labute approximate surface area is 222 Å². The molecule has 190 valence electrons. The number of thiophene rings is 1. The summed E-state index contributed by atoms with van der Waals surface area (Å²) in [5, 5.41) is 2.73. The molecule has 36 heavy (non-hydrogen) atoms. The van der Waals surface area contributed by atoms with Crippen molar-refractivity contribution in [2.24, 2.45) is 5.92 Å². The number of rotatable bonds is 10. The molecule has 1 aliphatic rings. The summed E-state index contributed by atoms with van der Waals surface area (Å²) in [7, 11) is 0. The molecule has 0 unspecified atom stereocenters. The van der Waals surface area contributed by atoms with Gasteiger partial charge >= 0.3 is 0 Å². The summed E-state index contributed by atoms with van der Waals surface area (Å²) in [5.41, 5.74) is 2.09. The number of carbonyl (C=O) groups excluding carboxylic acids is 2. The van der Waals surface area contributed by atoms with E-state index in [0.29, 0.717) is 42.8 Å². The van der Waals surface area contributed by atoms with Gasteiger partial charge in [-0.05, 0) is 65.6 Å². The molecule has 5 nitrogen and oxygen atoms in total. The highest BCUT2D eigenvalue weighted by Crippen LogP contribution is 2.34. The Morgan fingerprint density at radius 3 is 2.58 bits per heavy atom. The molecule has 7 heteroatoms. The molecule has 4 rings (SSSR count). The lowest BCUT2D eigenvalue weighted by molar-refractivity contribution is -0.142. The van der Waals surface area contributed by atoms with Crippen molar-refractivity contribution in [1.82, 2.24) is 9.80 Å². The lowest BCUT2D eigenvalue weighted by Gasteiger charge is -2.37. The zero-order chi connectivity index (χ0) is 25.5. The summed E-state index contributed by atoms with van der Waals surface area (Å²) in [6.07, 6.45) is 1.97. The van der Waals surface area contributed by atoms with Crippen LogP contribution in [0.25, 0.3) is 0 Å². The van der Waals surface area contributed by atoms with Crippen LogP contribution in [0.2, 0.25) is 5.02 Å². The highest BCUT2D eigenvalue weighted by molar-refractivity contribution is 7.10. The van der Waals surface area contributed by atoms with Crippen LogP contribution in [0.1, 0.15) is 42.3 Å². The number of benzene rings is 2. The molecule has 2 amide bonds. The first kappa shape index (κ1) is 26.2. The minimum Gasteiger partial charge on any atom is -0.491 e. The van der Waals surface area contributed by atoms with Gasteiger partial charge in [-0.3, -0.25) is 9.59 Å². The molecule has 0 bridgehead atoms. The first-order chi connectivity index (χ1) is 17.4. The van der Waals surface area contributed by atoms with Crippen molar-refractivity contribution in [2.75, 3.05) is 26.2 Å².